The molecule has 21 heavy (non-hydrogen) atoms. The van der Waals surface area contributed by atoms with Gasteiger partial charge in [-0.15, -0.1) is 0 Å². The lowest BCUT2D eigenvalue weighted by atomic mass is 9.86. The lowest BCUT2D eigenvalue weighted by molar-refractivity contribution is 0.407. The largest absolute Gasteiger partial charge is 0.496 e. The molecule has 2 aromatic rings. The van der Waals surface area contributed by atoms with E-state index in [-0.39, 0.29) is 11.5 Å². The average Bonchev–Trinajstić information content (AvgIpc) is 2.45. The summed E-state index contributed by atoms with van der Waals surface area (Å²) in [6.45, 7) is 6.62. The number of benzene rings is 2. The fraction of sp³-hybridized carbons (Fsp3) is 0.333. The maximum absolute atomic E-state index is 6.42. The first kappa shape index (κ1) is 16.1. The molecule has 3 heteroatoms. The summed E-state index contributed by atoms with van der Waals surface area (Å²) in [7, 11) is 1.67. The van der Waals surface area contributed by atoms with Crippen molar-refractivity contribution in [2.45, 2.75) is 32.2 Å². The van der Waals surface area contributed by atoms with Crippen LogP contribution in [0, 0.1) is 0 Å². The Hall–Kier alpha value is -1.32. The first-order valence-corrected chi connectivity index (χ1v) is 7.81. The molecular weight excluding hydrogens is 326 g/mol. The zero-order valence-electron chi connectivity index (χ0n) is 13.0. The Morgan fingerprint density at radius 2 is 1.67 bits per heavy atom. The monoisotopic (exact) mass is 347 g/mol. The Bertz CT molecular complexity index is 614. The van der Waals surface area contributed by atoms with E-state index in [9.17, 15) is 0 Å². The topological polar surface area (TPSA) is 35.2 Å². The Morgan fingerprint density at radius 3 is 2.19 bits per heavy atom. The Kier molecular flexibility index (Phi) is 4.74. The minimum atomic E-state index is -0.202. The fourth-order valence-electron chi connectivity index (χ4n) is 2.32. The van der Waals surface area contributed by atoms with Crippen LogP contribution >= 0.6 is 15.9 Å². The van der Waals surface area contributed by atoms with Crippen molar-refractivity contribution in [3.05, 3.63) is 63.6 Å². The standard InChI is InChI=1S/C18H22BrNO/c1-18(2,3)13-7-5-12(6-8-13)17(20)15-11-14(19)9-10-16(15)21-4/h5-11,17H,20H2,1-4H3. The minimum Gasteiger partial charge on any atom is -0.496 e. The third kappa shape index (κ3) is 3.66. The van der Waals surface area contributed by atoms with Crippen molar-refractivity contribution < 1.29 is 4.74 Å². The molecule has 2 rings (SSSR count). The summed E-state index contributed by atoms with van der Waals surface area (Å²) >= 11 is 3.49. The fourth-order valence-corrected chi connectivity index (χ4v) is 2.70. The van der Waals surface area contributed by atoms with E-state index in [0.29, 0.717) is 0 Å². The zero-order valence-corrected chi connectivity index (χ0v) is 14.6. The molecule has 0 aliphatic rings. The first-order chi connectivity index (χ1) is 9.82. The summed E-state index contributed by atoms with van der Waals surface area (Å²) < 4.78 is 6.42. The molecule has 2 aromatic carbocycles. The smallest absolute Gasteiger partial charge is 0.124 e. The number of hydrogen-bond acceptors (Lipinski definition) is 2. The molecule has 0 spiro atoms. The summed E-state index contributed by atoms with van der Waals surface area (Å²) in [5, 5.41) is 0. The highest BCUT2D eigenvalue weighted by atomic mass is 79.9. The van der Waals surface area contributed by atoms with Gasteiger partial charge >= 0.3 is 0 Å². The maximum Gasteiger partial charge on any atom is 0.124 e. The number of nitrogens with two attached hydrogens (primary N) is 1. The molecule has 1 atom stereocenters. The number of ether oxygens (including phenoxy) is 1. The van der Waals surface area contributed by atoms with E-state index >= 15 is 0 Å². The van der Waals surface area contributed by atoms with Gasteiger partial charge < -0.3 is 10.5 Å². The Balaban J connectivity index is 2.36. The van der Waals surface area contributed by atoms with E-state index in [4.69, 9.17) is 10.5 Å². The molecule has 0 aliphatic heterocycles. The highest BCUT2D eigenvalue weighted by molar-refractivity contribution is 9.10. The molecule has 2 nitrogen and oxygen atoms in total. The highest BCUT2D eigenvalue weighted by Crippen LogP contribution is 2.32. The molecule has 2 N–H and O–H groups in total. The van der Waals surface area contributed by atoms with Crippen LogP contribution in [0.1, 0.15) is 43.5 Å². The summed E-state index contributed by atoms with van der Waals surface area (Å²) in [6, 6.07) is 14.2. The van der Waals surface area contributed by atoms with Crippen LogP contribution in [-0.4, -0.2) is 7.11 Å². The third-order valence-corrected chi connectivity index (χ3v) is 4.16. The van der Waals surface area contributed by atoms with Crippen LogP contribution in [0.5, 0.6) is 5.75 Å². The quantitative estimate of drug-likeness (QED) is 0.864. The van der Waals surface area contributed by atoms with Crippen molar-refractivity contribution in [3.63, 3.8) is 0 Å². The van der Waals surface area contributed by atoms with Crippen molar-refractivity contribution in [3.8, 4) is 5.75 Å². The first-order valence-electron chi connectivity index (χ1n) is 7.02. The van der Waals surface area contributed by atoms with Crippen LogP contribution in [0.25, 0.3) is 0 Å². The van der Waals surface area contributed by atoms with Gasteiger partial charge in [-0.2, -0.15) is 0 Å². The molecule has 0 saturated carbocycles. The van der Waals surface area contributed by atoms with E-state index in [0.717, 1.165) is 21.3 Å². The summed E-state index contributed by atoms with van der Waals surface area (Å²) in [6.07, 6.45) is 0. The number of hydrogen-bond donors (Lipinski definition) is 1. The number of halogens is 1. The zero-order chi connectivity index (χ0) is 15.6. The van der Waals surface area contributed by atoms with Crippen LogP contribution in [0.4, 0.5) is 0 Å². The predicted octanol–water partition coefficient (Wildman–Crippen LogP) is 4.80. The van der Waals surface area contributed by atoms with Crippen molar-refractivity contribution in [1.82, 2.24) is 0 Å². The molecule has 0 radical (unpaired) electrons. The molecule has 0 saturated heterocycles. The van der Waals surface area contributed by atoms with E-state index in [1.54, 1.807) is 7.11 Å². The molecule has 0 aliphatic carbocycles. The highest BCUT2D eigenvalue weighted by Gasteiger charge is 2.17. The van der Waals surface area contributed by atoms with Crippen molar-refractivity contribution in [2.75, 3.05) is 7.11 Å². The maximum atomic E-state index is 6.42. The molecule has 1 unspecified atom stereocenters. The molecule has 0 bridgehead atoms. The summed E-state index contributed by atoms with van der Waals surface area (Å²) in [5.74, 6) is 0.811. The van der Waals surface area contributed by atoms with Crippen LogP contribution in [0.3, 0.4) is 0 Å². The van der Waals surface area contributed by atoms with Gasteiger partial charge in [0.1, 0.15) is 5.75 Å². The molecular formula is C18H22BrNO. The van der Waals surface area contributed by atoms with Gasteiger partial charge in [-0.05, 0) is 34.7 Å². The van der Waals surface area contributed by atoms with E-state index in [2.05, 4.69) is 61.0 Å². The van der Waals surface area contributed by atoms with Gasteiger partial charge in [0.25, 0.3) is 0 Å². The second-order valence-electron chi connectivity index (χ2n) is 6.24. The van der Waals surface area contributed by atoms with Gasteiger partial charge in [0, 0.05) is 10.0 Å². The second kappa shape index (κ2) is 6.20. The second-order valence-corrected chi connectivity index (χ2v) is 7.15. The van der Waals surface area contributed by atoms with Crippen LogP contribution in [0.15, 0.2) is 46.9 Å². The Morgan fingerprint density at radius 1 is 1.05 bits per heavy atom. The van der Waals surface area contributed by atoms with E-state index < -0.39 is 0 Å². The molecule has 112 valence electrons. The van der Waals surface area contributed by atoms with Gasteiger partial charge in [-0.25, -0.2) is 0 Å². The number of methoxy groups -OCH3 is 1. The van der Waals surface area contributed by atoms with Gasteiger partial charge in [-0.1, -0.05) is 61.0 Å². The van der Waals surface area contributed by atoms with Crippen LogP contribution < -0.4 is 10.5 Å². The molecule has 0 fully saturated rings. The molecule has 0 aromatic heterocycles. The summed E-state index contributed by atoms with van der Waals surface area (Å²) in [5.41, 5.74) is 9.94. The Labute approximate surface area is 135 Å². The lowest BCUT2D eigenvalue weighted by Crippen LogP contribution is -2.15. The predicted molar refractivity (Wildman–Crippen MR) is 91.9 cm³/mol. The number of rotatable bonds is 3. The van der Waals surface area contributed by atoms with E-state index in [1.807, 2.05) is 18.2 Å². The van der Waals surface area contributed by atoms with Gasteiger partial charge in [-0.3, -0.25) is 0 Å². The van der Waals surface area contributed by atoms with Gasteiger partial charge in [0.05, 0.1) is 13.2 Å². The lowest BCUT2D eigenvalue weighted by Gasteiger charge is -2.21. The van der Waals surface area contributed by atoms with Crippen molar-refractivity contribution in [2.24, 2.45) is 5.73 Å². The summed E-state index contributed by atoms with van der Waals surface area (Å²) in [4.78, 5) is 0. The van der Waals surface area contributed by atoms with Crippen molar-refractivity contribution >= 4 is 15.9 Å². The van der Waals surface area contributed by atoms with Crippen LogP contribution in [0.2, 0.25) is 0 Å². The van der Waals surface area contributed by atoms with Gasteiger partial charge in [0.2, 0.25) is 0 Å². The molecule has 0 amide bonds. The minimum absolute atomic E-state index is 0.149. The molecule has 0 heterocycles. The third-order valence-electron chi connectivity index (χ3n) is 3.66. The van der Waals surface area contributed by atoms with Crippen molar-refractivity contribution in [1.29, 1.82) is 0 Å². The SMILES string of the molecule is COc1ccc(Br)cc1C(N)c1ccc(C(C)(C)C)cc1. The normalized spacial score (nSPS) is 13.0. The average molecular weight is 348 g/mol. The van der Waals surface area contributed by atoms with Crippen LogP contribution in [-0.2, 0) is 5.41 Å². The van der Waals surface area contributed by atoms with E-state index in [1.165, 1.54) is 5.56 Å². The van der Waals surface area contributed by atoms with Gasteiger partial charge in [0.15, 0.2) is 0 Å².